The van der Waals surface area contributed by atoms with E-state index in [-0.39, 0.29) is 11.7 Å². The number of carbonyl (C=O) groups is 2. The van der Waals surface area contributed by atoms with Crippen LogP contribution in [0.15, 0.2) is 36.4 Å². The Kier molecular flexibility index (Phi) is 6.23. The number of carbonyl (C=O) groups excluding carboxylic acids is 2. The zero-order valence-electron chi connectivity index (χ0n) is 18.1. The van der Waals surface area contributed by atoms with Crippen molar-refractivity contribution in [3.8, 4) is 5.75 Å². The lowest BCUT2D eigenvalue weighted by Crippen LogP contribution is -2.51. The summed E-state index contributed by atoms with van der Waals surface area (Å²) < 4.78 is 19.8. The summed E-state index contributed by atoms with van der Waals surface area (Å²) >= 11 is 0. The summed E-state index contributed by atoms with van der Waals surface area (Å²) in [5, 5.41) is 0. The third kappa shape index (κ3) is 4.71. The van der Waals surface area contributed by atoms with Crippen LogP contribution in [0.2, 0.25) is 0 Å². The van der Waals surface area contributed by atoms with Crippen molar-refractivity contribution in [2.75, 3.05) is 51.3 Å². The Morgan fingerprint density at radius 2 is 1.77 bits per heavy atom. The van der Waals surface area contributed by atoms with Gasteiger partial charge < -0.3 is 14.5 Å². The van der Waals surface area contributed by atoms with Crippen LogP contribution in [0.25, 0.3) is 0 Å². The minimum Gasteiger partial charge on any atom is -0.497 e. The summed E-state index contributed by atoms with van der Waals surface area (Å²) in [4.78, 5) is 30.3. The zero-order chi connectivity index (χ0) is 22.0. The van der Waals surface area contributed by atoms with Gasteiger partial charge in [0.05, 0.1) is 19.3 Å². The topological polar surface area (TPSA) is 53.1 Å². The van der Waals surface area contributed by atoms with Crippen LogP contribution in [0.5, 0.6) is 5.75 Å². The molecule has 2 aromatic rings. The number of hydrogen-bond donors (Lipinski definition) is 0. The molecular weight excluding hydrogens is 397 g/mol. The van der Waals surface area contributed by atoms with E-state index in [0.717, 1.165) is 25.3 Å². The molecule has 0 N–H and O–H groups in total. The van der Waals surface area contributed by atoms with Crippen molar-refractivity contribution < 1.29 is 18.7 Å². The molecule has 164 valence electrons. The minimum atomic E-state index is -0.394. The third-order valence-electron chi connectivity index (χ3n) is 6.19. The van der Waals surface area contributed by atoms with Crippen LogP contribution >= 0.6 is 0 Å². The average Bonchev–Trinajstić information content (AvgIpc) is 2.78. The predicted molar refractivity (Wildman–Crippen MR) is 117 cm³/mol. The van der Waals surface area contributed by atoms with E-state index >= 15 is 0 Å². The van der Waals surface area contributed by atoms with Crippen molar-refractivity contribution in [1.82, 2.24) is 9.80 Å². The second-order valence-electron chi connectivity index (χ2n) is 8.19. The maximum absolute atomic E-state index is 14.4. The van der Waals surface area contributed by atoms with Crippen LogP contribution in [-0.2, 0) is 17.8 Å². The fourth-order valence-electron chi connectivity index (χ4n) is 4.32. The molecule has 1 amide bonds. The number of benzene rings is 2. The second kappa shape index (κ2) is 9.06. The van der Waals surface area contributed by atoms with Gasteiger partial charge in [-0.25, -0.2) is 4.39 Å². The van der Waals surface area contributed by atoms with Crippen molar-refractivity contribution in [2.45, 2.75) is 19.9 Å². The molecule has 7 heteroatoms. The minimum absolute atomic E-state index is 0.110. The highest BCUT2D eigenvalue weighted by Gasteiger charge is 2.26. The normalized spacial score (nSPS) is 16.7. The van der Waals surface area contributed by atoms with Crippen LogP contribution in [0, 0.1) is 5.82 Å². The average molecular weight is 426 g/mol. The number of Topliss-reactive ketones (excluding diaryl/α,β-unsaturated/α-hetero) is 1. The molecule has 2 aliphatic rings. The highest BCUT2D eigenvalue weighted by atomic mass is 19.1. The van der Waals surface area contributed by atoms with Gasteiger partial charge in [-0.2, -0.15) is 0 Å². The number of ketones is 1. The zero-order valence-corrected chi connectivity index (χ0v) is 18.1. The van der Waals surface area contributed by atoms with Crippen LogP contribution < -0.4 is 9.64 Å². The van der Waals surface area contributed by atoms with Gasteiger partial charge in [0.1, 0.15) is 11.6 Å². The quantitative estimate of drug-likeness (QED) is 0.690. The lowest BCUT2D eigenvalue weighted by Gasteiger charge is -2.37. The van der Waals surface area contributed by atoms with Crippen LogP contribution in [0.4, 0.5) is 10.1 Å². The Morgan fingerprint density at radius 3 is 2.45 bits per heavy atom. The highest BCUT2D eigenvalue weighted by Crippen LogP contribution is 2.25. The molecule has 4 rings (SSSR count). The van der Waals surface area contributed by atoms with Crippen LogP contribution in [-0.4, -0.2) is 67.9 Å². The van der Waals surface area contributed by atoms with E-state index in [1.54, 1.807) is 19.2 Å². The van der Waals surface area contributed by atoms with E-state index in [2.05, 4.69) is 17.0 Å². The van der Waals surface area contributed by atoms with Crippen molar-refractivity contribution >= 4 is 17.4 Å². The number of anilines is 1. The van der Waals surface area contributed by atoms with Crippen molar-refractivity contribution in [3.05, 3.63) is 58.9 Å². The molecule has 2 aromatic carbocycles. The molecule has 0 spiro atoms. The molecular formula is C24H28FN3O3. The molecule has 0 bridgehead atoms. The molecule has 0 aromatic heterocycles. The smallest absolute Gasteiger partial charge is 0.236 e. The molecule has 0 saturated carbocycles. The van der Waals surface area contributed by atoms with E-state index in [4.69, 9.17) is 4.74 Å². The largest absolute Gasteiger partial charge is 0.497 e. The Balaban J connectivity index is 1.32. The molecule has 2 heterocycles. The number of ether oxygens (including phenoxy) is 1. The summed E-state index contributed by atoms with van der Waals surface area (Å²) in [6.45, 7) is 5.68. The summed E-state index contributed by atoms with van der Waals surface area (Å²) in [5.41, 5.74) is 3.39. The lowest BCUT2D eigenvalue weighted by atomic mass is 9.99. The van der Waals surface area contributed by atoms with Gasteiger partial charge in [-0.15, -0.1) is 0 Å². The maximum Gasteiger partial charge on any atom is 0.236 e. The van der Waals surface area contributed by atoms with Crippen LogP contribution in [0.1, 0.15) is 28.4 Å². The molecule has 2 aliphatic heterocycles. The van der Waals surface area contributed by atoms with Crippen molar-refractivity contribution in [1.29, 1.82) is 0 Å². The fourth-order valence-corrected chi connectivity index (χ4v) is 4.32. The van der Waals surface area contributed by atoms with Gasteiger partial charge in [0.2, 0.25) is 5.91 Å². The monoisotopic (exact) mass is 425 g/mol. The van der Waals surface area contributed by atoms with E-state index < -0.39 is 5.82 Å². The fraction of sp³-hybridized carbons (Fsp3) is 0.417. The molecule has 6 nitrogen and oxygen atoms in total. The Labute approximate surface area is 182 Å². The van der Waals surface area contributed by atoms with Gasteiger partial charge in [-0.3, -0.25) is 14.5 Å². The number of amides is 1. The summed E-state index contributed by atoms with van der Waals surface area (Å²) in [6.07, 6.45) is 0.927. The Morgan fingerprint density at radius 1 is 1.00 bits per heavy atom. The molecule has 1 fully saturated rings. The standard InChI is InChI=1S/C24H28FN3O3/c1-17(29)19-4-6-23(22(25)14-19)27-9-11-28(12-10-27)24(30)16-26-8-7-18-3-5-21(31-2)13-20(18)15-26/h3-6,13-14H,7-12,15-16H2,1-2H3. The highest BCUT2D eigenvalue weighted by molar-refractivity contribution is 5.94. The van der Waals surface area contributed by atoms with E-state index in [1.807, 2.05) is 15.9 Å². The number of methoxy groups -OCH3 is 1. The molecule has 0 aliphatic carbocycles. The first-order chi connectivity index (χ1) is 14.9. The number of hydrogen-bond acceptors (Lipinski definition) is 5. The number of halogens is 1. The molecule has 1 saturated heterocycles. The molecule has 0 radical (unpaired) electrons. The Bertz CT molecular complexity index is 986. The second-order valence-corrected chi connectivity index (χ2v) is 8.19. The molecule has 31 heavy (non-hydrogen) atoms. The molecule has 0 atom stereocenters. The van der Waals surface area contributed by atoms with Gasteiger partial charge in [0.25, 0.3) is 0 Å². The Hall–Kier alpha value is -2.93. The summed E-state index contributed by atoms with van der Waals surface area (Å²) in [6, 6.07) is 10.7. The van der Waals surface area contributed by atoms with Crippen LogP contribution in [0.3, 0.4) is 0 Å². The predicted octanol–water partition coefficient (Wildman–Crippen LogP) is 2.74. The summed E-state index contributed by atoms with van der Waals surface area (Å²) in [5.74, 6) is 0.402. The molecule has 0 unspecified atom stereocenters. The number of fused-ring (bicyclic) bond motifs is 1. The number of rotatable bonds is 5. The number of piperazine rings is 1. The van der Waals surface area contributed by atoms with Gasteiger partial charge in [0.15, 0.2) is 5.78 Å². The van der Waals surface area contributed by atoms with E-state index in [9.17, 15) is 14.0 Å². The number of nitrogens with zero attached hydrogens (tertiary/aromatic N) is 3. The third-order valence-corrected chi connectivity index (χ3v) is 6.19. The van der Waals surface area contributed by atoms with Crippen molar-refractivity contribution in [3.63, 3.8) is 0 Å². The van der Waals surface area contributed by atoms with Gasteiger partial charge in [-0.05, 0) is 54.8 Å². The van der Waals surface area contributed by atoms with Gasteiger partial charge >= 0.3 is 0 Å². The van der Waals surface area contributed by atoms with Gasteiger partial charge in [0, 0.05) is 44.8 Å². The van der Waals surface area contributed by atoms with Gasteiger partial charge in [-0.1, -0.05) is 6.07 Å². The SMILES string of the molecule is COc1ccc2c(c1)CN(CC(=O)N1CCN(c3ccc(C(C)=O)cc3F)CC1)CC2. The van der Waals surface area contributed by atoms with E-state index in [0.29, 0.717) is 44.0 Å². The first kappa shape index (κ1) is 21.3. The first-order valence-electron chi connectivity index (χ1n) is 10.7. The lowest BCUT2D eigenvalue weighted by molar-refractivity contribution is -0.132. The summed E-state index contributed by atoms with van der Waals surface area (Å²) in [7, 11) is 1.66. The van der Waals surface area contributed by atoms with Crippen molar-refractivity contribution in [2.24, 2.45) is 0 Å². The maximum atomic E-state index is 14.4. The first-order valence-corrected chi connectivity index (χ1v) is 10.7. The van der Waals surface area contributed by atoms with E-state index in [1.165, 1.54) is 24.1 Å².